The maximum Gasteiger partial charge on any atom is 0.326 e. The zero-order valence-corrected chi connectivity index (χ0v) is 12.9. The van der Waals surface area contributed by atoms with Gasteiger partial charge in [-0.15, -0.1) is 0 Å². The number of hydrogen-bond donors (Lipinski definition) is 1. The van der Waals surface area contributed by atoms with E-state index < -0.39 is 6.04 Å². The fourth-order valence-corrected chi connectivity index (χ4v) is 2.21. The zero-order chi connectivity index (χ0) is 15.0. The molecule has 114 valence electrons. The van der Waals surface area contributed by atoms with E-state index in [-0.39, 0.29) is 11.9 Å². The van der Waals surface area contributed by atoms with E-state index in [1.54, 1.807) is 12.2 Å². The molecule has 1 fully saturated rings. The summed E-state index contributed by atoms with van der Waals surface area (Å²) >= 11 is 0. The van der Waals surface area contributed by atoms with E-state index in [1.165, 1.54) is 4.90 Å². The molecule has 3 amide bonds. The third kappa shape index (κ3) is 4.63. The van der Waals surface area contributed by atoms with Crippen LogP contribution in [0.2, 0.25) is 0 Å². The first kappa shape index (κ1) is 16.7. The quantitative estimate of drug-likeness (QED) is 0.521. The van der Waals surface area contributed by atoms with E-state index in [4.69, 9.17) is 0 Å². The smallest absolute Gasteiger partial charge is 0.322 e. The predicted molar refractivity (Wildman–Crippen MR) is 80.2 cm³/mol. The van der Waals surface area contributed by atoms with Gasteiger partial charge in [-0.1, -0.05) is 38.8 Å². The highest BCUT2D eigenvalue weighted by Crippen LogP contribution is 2.10. The van der Waals surface area contributed by atoms with Gasteiger partial charge in [-0.05, 0) is 32.9 Å². The zero-order valence-electron chi connectivity index (χ0n) is 12.9. The summed E-state index contributed by atoms with van der Waals surface area (Å²) in [4.78, 5) is 27.6. The van der Waals surface area contributed by atoms with Crippen LogP contribution in [0.15, 0.2) is 12.2 Å². The lowest BCUT2D eigenvalue weighted by Crippen LogP contribution is -2.42. The largest absolute Gasteiger partial charge is 0.326 e. The lowest BCUT2D eigenvalue weighted by atomic mass is 10.2. The number of hydrogen-bond acceptors (Lipinski definition) is 3. The molecule has 5 nitrogen and oxygen atoms in total. The van der Waals surface area contributed by atoms with Crippen molar-refractivity contribution in [3.05, 3.63) is 12.2 Å². The average Bonchev–Trinajstić information content (AvgIpc) is 2.69. The number of unbranched alkanes of at least 4 members (excludes halogenated alkanes) is 2. The van der Waals surface area contributed by atoms with Gasteiger partial charge < -0.3 is 5.32 Å². The van der Waals surface area contributed by atoms with Crippen LogP contribution in [-0.2, 0) is 4.79 Å². The van der Waals surface area contributed by atoms with Crippen molar-refractivity contribution in [3.63, 3.8) is 0 Å². The fourth-order valence-electron chi connectivity index (χ4n) is 2.21. The normalized spacial score (nSPS) is 19.4. The molecule has 0 bridgehead atoms. The molecule has 1 N–H and O–H groups in total. The number of carbonyl (C=O) groups excluding carboxylic acids is 2. The number of imide groups is 1. The monoisotopic (exact) mass is 281 g/mol. The molecular formula is C15H27N3O2. The Kier molecular flexibility index (Phi) is 7.30. The molecular weight excluding hydrogens is 254 g/mol. The number of allylic oxidation sites excluding steroid dienone is 1. The van der Waals surface area contributed by atoms with E-state index in [0.717, 1.165) is 38.8 Å². The van der Waals surface area contributed by atoms with Crippen molar-refractivity contribution in [1.29, 1.82) is 0 Å². The molecule has 20 heavy (non-hydrogen) atoms. The van der Waals surface area contributed by atoms with Crippen molar-refractivity contribution >= 4 is 11.9 Å². The highest BCUT2D eigenvalue weighted by Gasteiger charge is 2.36. The van der Waals surface area contributed by atoms with Crippen molar-refractivity contribution in [3.8, 4) is 0 Å². The van der Waals surface area contributed by atoms with Gasteiger partial charge in [-0.25, -0.2) is 9.69 Å². The van der Waals surface area contributed by atoms with E-state index in [9.17, 15) is 9.59 Å². The fraction of sp³-hybridized carbons (Fsp3) is 0.733. The molecule has 1 atom stereocenters. The molecule has 0 aromatic carbocycles. The van der Waals surface area contributed by atoms with Gasteiger partial charge in [-0.3, -0.25) is 9.69 Å². The van der Waals surface area contributed by atoms with Gasteiger partial charge in [0.05, 0.1) is 6.67 Å². The Morgan fingerprint density at radius 1 is 1.20 bits per heavy atom. The molecule has 1 aliphatic heterocycles. The second kappa shape index (κ2) is 8.74. The Bertz CT molecular complexity index is 347. The van der Waals surface area contributed by atoms with Gasteiger partial charge >= 0.3 is 6.03 Å². The number of carbonyl (C=O) groups is 2. The first-order valence-corrected chi connectivity index (χ1v) is 7.61. The third-order valence-corrected chi connectivity index (χ3v) is 3.44. The van der Waals surface area contributed by atoms with E-state index in [2.05, 4.69) is 24.1 Å². The summed E-state index contributed by atoms with van der Waals surface area (Å²) in [6.45, 7) is 8.40. The van der Waals surface area contributed by atoms with Crippen molar-refractivity contribution in [2.75, 3.05) is 19.8 Å². The maximum absolute atomic E-state index is 12.2. The third-order valence-electron chi connectivity index (χ3n) is 3.44. The van der Waals surface area contributed by atoms with Gasteiger partial charge in [0.15, 0.2) is 0 Å². The molecule has 1 heterocycles. The number of nitrogens with zero attached hydrogens (tertiary/aromatic N) is 2. The minimum atomic E-state index is -0.494. The van der Waals surface area contributed by atoms with Gasteiger partial charge in [0, 0.05) is 0 Å². The average molecular weight is 281 g/mol. The van der Waals surface area contributed by atoms with Crippen LogP contribution in [0.4, 0.5) is 4.79 Å². The molecule has 0 spiro atoms. The van der Waals surface area contributed by atoms with E-state index in [1.807, 2.05) is 6.92 Å². The minimum absolute atomic E-state index is 0.147. The van der Waals surface area contributed by atoms with Gasteiger partial charge in [-0.2, -0.15) is 0 Å². The molecule has 1 aliphatic rings. The highest BCUT2D eigenvalue weighted by molar-refractivity contribution is 6.05. The van der Waals surface area contributed by atoms with Crippen molar-refractivity contribution in [2.45, 2.75) is 52.5 Å². The lowest BCUT2D eigenvalue weighted by Gasteiger charge is -2.26. The number of rotatable bonds is 9. The summed E-state index contributed by atoms with van der Waals surface area (Å²) in [5.74, 6) is -0.147. The Morgan fingerprint density at radius 3 is 2.30 bits per heavy atom. The molecule has 0 aromatic heterocycles. The van der Waals surface area contributed by atoms with Crippen LogP contribution in [-0.4, -0.2) is 47.5 Å². The van der Waals surface area contributed by atoms with Crippen LogP contribution in [0.25, 0.3) is 0 Å². The molecule has 1 rings (SSSR count). The van der Waals surface area contributed by atoms with Crippen molar-refractivity contribution < 1.29 is 9.59 Å². The second-order valence-electron chi connectivity index (χ2n) is 5.19. The minimum Gasteiger partial charge on any atom is -0.322 e. The summed E-state index contributed by atoms with van der Waals surface area (Å²) in [6, 6.07) is -0.775. The highest BCUT2D eigenvalue weighted by atomic mass is 16.2. The van der Waals surface area contributed by atoms with Crippen LogP contribution in [0, 0.1) is 0 Å². The maximum atomic E-state index is 12.2. The van der Waals surface area contributed by atoms with Crippen molar-refractivity contribution in [2.24, 2.45) is 0 Å². The molecule has 0 radical (unpaired) electrons. The second-order valence-corrected chi connectivity index (χ2v) is 5.19. The summed E-state index contributed by atoms with van der Waals surface area (Å²) in [6.07, 6.45) is 7.92. The predicted octanol–water partition coefficient (Wildman–Crippen LogP) is 2.34. The summed E-state index contributed by atoms with van der Waals surface area (Å²) in [5, 5.41) is 2.70. The Labute approximate surface area is 122 Å². The first-order valence-electron chi connectivity index (χ1n) is 7.61. The summed E-state index contributed by atoms with van der Waals surface area (Å²) in [7, 11) is 0. The van der Waals surface area contributed by atoms with E-state index >= 15 is 0 Å². The van der Waals surface area contributed by atoms with Crippen LogP contribution >= 0.6 is 0 Å². The van der Waals surface area contributed by atoms with Crippen molar-refractivity contribution in [1.82, 2.24) is 15.1 Å². The number of nitrogens with one attached hydrogen (secondary N) is 1. The topological polar surface area (TPSA) is 52.7 Å². The molecule has 1 saturated heterocycles. The standard InChI is InChI=1S/C15H27N3O2/c1-4-7-10-17(11-8-5-2)12-18-14(19)13(9-6-3)16-15(18)20/h6,9,13H,4-5,7-8,10-12H2,1-3H3,(H,16,20)/b9-6-. The lowest BCUT2D eigenvalue weighted by molar-refractivity contribution is -0.128. The number of amides is 3. The molecule has 0 saturated carbocycles. The van der Waals surface area contributed by atoms with Gasteiger partial charge in [0.2, 0.25) is 0 Å². The Balaban J connectivity index is 2.61. The molecule has 1 unspecified atom stereocenters. The Hall–Kier alpha value is -1.36. The SMILES string of the molecule is C/C=C\C1NC(=O)N(CN(CCCC)CCCC)C1=O. The van der Waals surface area contributed by atoms with Crippen LogP contribution in [0.1, 0.15) is 46.5 Å². The summed E-state index contributed by atoms with van der Waals surface area (Å²) in [5.41, 5.74) is 0. The molecule has 5 heteroatoms. The molecule has 0 aliphatic carbocycles. The Morgan fingerprint density at radius 2 is 1.80 bits per heavy atom. The molecule has 0 aromatic rings. The van der Waals surface area contributed by atoms with E-state index in [0.29, 0.717) is 6.67 Å². The van der Waals surface area contributed by atoms with Crippen LogP contribution in [0.3, 0.4) is 0 Å². The van der Waals surface area contributed by atoms with Gasteiger partial charge in [0.25, 0.3) is 5.91 Å². The van der Waals surface area contributed by atoms with Crippen LogP contribution in [0.5, 0.6) is 0 Å². The summed E-state index contributed by atoms with van der Waals surface area (Å²) < 4.78 is 0. The first-order chi connectivity index (χ1) is 9.63. The van der Waals surface area contributed by atoms with Gasteiger partial charge in [0.1, 0.15) is 6.04 Å². The van der Waals surface area contributed by atoms with Crippen LogP contribution < -0.4 is 5.32 Å². The number of urea groups is 1.